The van der Waals surface area contributed by atoms with Crippen molar-refractivity contribution in [2.24, 2.45) is 5.73 Å². The molecule has 1 rings (SSSR count). The van der Waals surface area contributed by atoms with Crippen molar-refractivity contribution in [2.45, 2.75) is 46.1 Å². The van der Waals surface area contributed by atoms with Gasteiger partial charge in [0.15, 0.2) is 0 Å². The Morgan fingerprint density at radius 2 is 2.06 bits per heavy atom. The van der Waals surface area contributed by atoms with Gasteiger partial charge >= 0.3 is 0 Å². The lowest BCUT2D eigenvalue weighted by molar-refractivity contribution is 0.405. The van der Waals surface area contributed by atoms with Gasteiger partial charge in [-0.2, -0.15) is 0 Å². The third kappa shape index (κ3) is 3.62. The molecule has 17 heavy (non-hydrogen) atoms. The van der Waals surface area contributed by atoms with Crippen LogP contribution in [0.15, 0.2) is 6.07 Å². The largest absolute Gasteiger partial charge is 0.496 e. The zero-order chi connectivity index (χ0) is 13.0. The third-order valence-corrected chi connectivity index (χ3v) is 3.47. The Labute approximate surface area is 109 Å². The van der Waals surface area contributed by atoms with Crippen LogP contribution in [0.1, 0.15) is 36.5 Å². The summed E-state index contributed by atoms with van der Waals surface area (Å²) < 4.78 is 5.48. The van der Waals surface area contributed by atoms with Gasteiger partial charge in [0, 0.05) is 11.1 Å². The van der Waals surface area contributed by atoms with Crippen LogP contribution in [0.5, 0.6) is 5.75 Å². The van der Waals surface area contributed by atoms with E-state index in [1.807, 2.05) is 26.8 Å². The molecule has 0 saturated carbocycles. The highest BCUT2D eigenvalue weighted by atomic mass is 35.5. The maximum Gasteiger partial charge on any atom is 0.125 e. The lowest BCUT2D eigenvalue weighted by Crippen LogP contribution is -2.14. The van der Waals surface area contributed by atoms with Crippen LogP contribution in [-0.2, 0) is 6.42 Å². The summed E-state index contributed by atoms with van der Waals surface area (Å²) in [5.41, 5.74) is 9.21. The first kappa shape index (κ1) is 14.3. The minimum atomic E-state index is 0.251. The van der Waals surface area contributed by atoms with E-state index in [4.69, 9.17) is 22.1 Å². The molecule has 3 heteroatoms. The predicted molar refractivity (Wildman–Crippen MR) is 74.1 cm³/mol. The number of hydrogen-bond donors (Lipinski definition) is 1. The standard InChI is InChI=1S/C14H22ClNO/c1-9-8-13(15)11(3)12(14(9)17-4)7-5-6-10(2)16/h8,10H,5-7,16H2,1-4H3. The number of hydrogen-bond acceptors (Lipinski definition) is 2. The van der Waals surface area contributed by atoms with E-state index in [0.717, 1.165) is 41.2 Å². The van der Waals surface area contributed by atoms with Crippen molar-refractivity contribution >= 4 is 11.6 Å². The number of ether oxygens (including phenoxy) is 1. The van der Waals surface area contributed by atoms with Crippen LogP contribution in [0.4, 0.5) is 0 Å². The molecule has 2 N–H and O–H groups in total. The minimum absolute atomic E-state index is 0.251. The lowest BCUT2D eigenvalue weighted by atomic mass is 9.97. The first-order valence-corrected chi connectivity index (χ1v) is 6.43. The van der Waals surface area contributed by atoms with Crippen LogP contribution in [0, 0.1) is 13.8 Å². The maximum absolute atomic E-state index is 6.21. The lowest BCUT2D eigenvalue weighted by Gasteiger charge is -2.16. The summed E-state index contributed by atoms with van der Waals surface area (Å²) in [5.74, 6) is 0.969. The average molecular weight is 256 g/mol. The molecule has 1 atom stereocenters. The summed E-state index contributed by atoms with van der Waals surface area (Å²) in [5, 5.41) is 0.819. The molecule has 0 heterocycles. The molecule has 0 radical (unpaired) electrons. The van der Waals surface area contributed by atoms with Crippen molar-refractivity contribution in [3.05, 3.63) is 27.8 Å². The fraction of sp³-hybridized carbons (Fsp3) is 0.571. The average Bonchev–Trinajstić information content (AvgIpc) is 2.24. The summed E-state index contributed by atoms with van der Waals surface area (Å²) >= 11 is 6.21. The Bertz CT molecular complexity index is 388. The van der Waals surface area contributed by atoms with Crippen molar-refractivity contribution in [1.29, 1.82) is 0 Å². The molecule has 2 nitrogen and oxygen atoms in total. The van der Waals surface area contributed by atoms with Gasteiger partial charge in [-0.25, -0.2) is 0 Å². The van der Waals surface area contributed by atoms with E-state index in [9.17, 15) is 0 Å². The molecule has 1 aromatic rings. The monoisotopic (exact) mass is 255 g/mol. The second kappa shape index (κ2) is 6.27. The highest BCUT2D eigenvalue weighted by molar-refractivity contribution is 6.31. The van der Waals surface area contributed by atoms with E-state index in [-0.39, 0.29) is 6.04 Å². The SMILES string of the molecule is COc1c(C)cc(Cl)c(C)c1CCCC(C)N. The second-order valence-electron chi connectivity index (χ2n) is 4.68. The summed E-state index contributed by atoms with van der Waals surface area (Å²) in [6, 6.07) is 2.21. The van der Waals surface area contributed by atoms with E-state index in [1.54, 1.807) is 7.11 Å². The van der Waals surface area contributed by atoms with Crippen LogP contribution < -0.4 is 10.5 Å². The van der Waals surface area contributed by atoms with E-state index in [0.29, 0.717) is 0 Å². The first-order valence-electron chi connectivity index (χ1n) is 6.05. The number of halogens is 1. The Morgan fingerprint density at radius 3 is 2.59 bits per heavy atom. The predicted octanol–water partition coefficient (Wildman–Crippen LogP) is 3.64. The Kier molecular flexibility index (Phi) is 5.29. The maximum atomic E-state index is 6.21. The van der Waals surface area contributed by atoms with Crippen molar-refractivity contribution in [2.75, 3.05) is 7.11 Å². The second-order valence-corrected chi connectivity index (χ2v) is 5.09. The van der Waals surface area contributed by atoms with Gasteiger partial charge in [0.05, 0.1) is 7.11 Å². The van der Waals surface area contributed by atoms with Gasteiger partial charge in [0.2, 0.25) is 0 Å². The van der Waals surface area contributed by atoms with Gasteiger partial charge in [-0.1, -0.05) is 11.6 Å². The van der Waals surface area contributed by atoms with Crippen molar-refractivity contribution in [3.63, 3.8) is 0 Å². The van der Waals surface area contributed by atoms with E-state index < -0.39 is 0 Å². The molecule has 0 bridgehead atoms. The van der Waals surface area contributed by atoms with Crippen molar-refractivity contribution < 1.29 is 4.74 Å². The van der Waals surface area contributed by atoms with Gasteiger partial charge < -0.3 is 10.5 Å². The molecular formula is C14H22ClNO. The molecule has 0 aliphatic rings. The first-order chi connectivity index (χ1) is 7.97. The molecule has 0 spiro atoms. The molecular weight excluding hydrogens is 234 g/mol. The van der Waals surface area contributed by atoms with Gasteiger partial charge in [-0.05, 0) is 62.8 Å². The molecule has 0 fully saturated rings. The van der Waals surface area contributed by atoms with Crippen LogP contribution in [-0.4, -0.2) is 13.2 Å². The molecule has 1 aromatic carbocycles. The molecule has 0 aliphatic carbocycles. The molecule has 0 amide bonds. The highest BCUT2D eigenvalue weighted by Gasteiger charge is 2.13. The quantitative estimate of drug-likeness (QED) is 0.872. The van der Waals surface area contributed by atoms with Crippen LogP contribution in [0.3, 0.4) is 0 Å². The van der Waals surface area contributed by atoms with Gasteiger partial charge in [-0.3, -0.25) is 0 Å². The van der Waals surface area contributed by atoms with Crippen LogP contribution >= 0.6 is 11.6 Å². The highest BCUT2D eigenvalue weighted by Crippen LogP contribution is 2.33. The van der Waals surface area contributed by atoms with Crippen LogP contribution in [0.25, 0.3) is 0 Å². The van der Waals surface area contributed by atoms with E-state index in [1.165, 1.54) is 5.56 Å². The number of rotatable bonds is 5. The number of benzene rings is 1. The zero-order valence-electron chi connectivity index (χ0n) is 11.1. The molecule has 0 saturated heterocycles. The summed E-state index contributed by atoms with van der Waals surface area (Å²) in [6.07, 6.45) is 3.06. The number of nitrogens with two attached hydrogens (primary N) is 1. The van der Waals surface area contributed by atoms with Gasteiger partial charge in [0.1, 0.15) is 5.75 Å². The molecule has 0 aromatic heterocycles. The summed E-state index contributed by atoms with van der Waals surface area (Å²) in [7, 11) is 1.71. The zero-order valence-corrected chi connectivity index (χ0v) is 11.9. The molecule has 96 valence electrons. The minimum Gasteiger partial charge on any atom is -0.496 e. The number of aryl methyl sites for hydroxylation is 1. The fourth-order valence-electron chi connectivity index (χ4n) is 2.10. The van der Waals surface area contributed by atoms with Crippen LogP contribution in [0.2, 0.25) is 5.02 Å². The Balaban J connectivity index is 2.95. The Hall–Kier alpha value is -0.730. The number of methoxy groups -OCH3 is 1. The third-order valence-electron chi connectivity index (χ3n) is 3.08. The molecule has 0 aliphatic heterocycles. The van der Waals surface area contributed by atoms with Crippen molar-refractivity contribution in [3.8, 4) is 5.75 Å². The fourth-order valence-corrected chi connectivity index (χ4v) is 2.38. The molecule has 1 unspecified atom stereocenters. The van der Waals surface area contributed by atoms with Crippen molar-refractivity contribution in [1.82, 2.24) is 0 Å². The topological polar surface area (TPSA) is 35.2 Å². The smallest absolute Gasteiger partial charge is 0.125 e. The van der Waals surface area contributed by atoms with Gasteiger partial charge in [0.25, 0.3) is 0 Å². The Morgan fingerprint density at radius 1 is 1.41 bits per heavy atom. The summed E-state index contributed by atoms with van der Waals surface area (Å²) in [4.78, 5) is 0. The van der Waals surface area contributed by atoms with Gasteiger partial charge in [-0.15, -0.1) is 0 Å². The van der Waals surface area contributed by atoms with E-state index in [2.05, 4.69) is 0 Å². The summed E-state index contributed by atoms with van der Waals surface area (Å²) in [6.45, 7) is 6.11. The van der Waals surface area contributed by atoms with E-state index >= 15 is 0 Å². The normalized spacial score (nSPS) is 12.6.